The first-order valence-corrected chi connectivity index (χ1v) is 10.9. The topological polar surface area (TPSA) is 68.3 Å². The zero-order chi connectivity index (χ0) is 22.6. The monoisotopic (exact) mass is 430 g/mol. The second-order valence-corrected chi connectivity index (χ2v) is 9.18. The molecular weight excluding hydrogens is 396 g/mol. The van der Waals surface area contributed by atoms with Gasteiger partial charge in [-0.15, -0.1) is 6.58 Å². The van der Waals surface area contributed by atoms with Crippen LogP contribution in [0.3, 0.4) is 0 Å². The predicted octanol–water partition coefficient (Wildman–Crippen LogP) is 3.66. The number of methoxy groups -OCH3 is 1. The quantitative estimate of drug-likeness (QED) is 0.645. The largest absolute Gasteiger partial charge is 0.493 e. The van der Waals surface area contributed by atoms with Crippen molar-refractivity contribution in [1.29, 1.82) is 0 Å². The van der Waals surface area contributed by atoms with Gasteiger partial charge >= 0.3 is 6.09 Å². The Bertz CT molecular complexity index is 817. The molecular formula is C24H34N2O5. The number of amides is 2. The molecule has 2 aliphatic rings. The Morgan fingerprint density at radius 3 is 2.65 bits per heavy atom. The van der Waals surface area contributed by atoms with Crippen LogP contribution in [-0.2, 0) is 16.0 Å². The summed E-state index contributed by atoms with van der Waals surface area (Å²) in [6.07, 6.45) is 3.96. The molecule has 1 aromatic rings. The van der Waals surface area contributed by atoms with Crippen molar-refractivity contribution in [3.8, 4) is 11.5 Å². The van der Waals surface area contributed by atoms with E-state index in [2.05, 4.69) is 6.58 Å². The lowest BCUT2D eigenvalue weighted by Gasteiger charge is -2.38. The van der Waals surface area contributed by atoms with Gasteiger partial charge in [-0.3, -0.25) is 4.79 Å². The molecule has 2 atom stereocenters. The summed E-state index contributed by atoms with van der Waals surface area (Å²) in [7, 11) is 1.59. The molecule has 0 spiro atoms. The van der Waals surface area contributed by atoms with Gasteiger partial charge in [-0.25, -0.2) is 4.79 Å². The van der Waals surface area contributed by atoms with Crippen molar-refractivity contribution >= 4 is 12.0 Å². The Morgan fingerprint density at radius 1 is 1.19 bits per heavy atom. The lowest BCUT2D eigenvalue weighted by atomic mass is 9.93. The smallest absolute Gasteiger partial charge is 0.410 e. The Morgan fingerprint density at radius 2 is 1.97 bits per heavy atom. The van der Waals surface area contributed by atoms with Crippen LogP contribution in [0.5, 0.6) is 11.5 Å². The number of hydrogen-bond donors (Lipinski definition) is 0. The Kier molecular flexibility index (Phi) is 7.13. The molecule has 0 saturated carbocycles. The summed E-state index contributed by atoms with van der Waals surface area (Å²) in [5.41, 5.74) is 0.567. The number of likely N-dealkylation sites (tertiary alicyclic amines) is 2. The molecule has 170 valence electrons. The van der Waals surface area contributed by atoms with Crippen LogP contribution in [0.25, 0.3) is 0 Å². The van der Waals surface area contributed by atoms with Crippen LogP contribution in [0, 0.1) is 5.92 Å². The highest BCUT2D eigenvalue weighted by atomic mass is 16.6. The fourth-order valence-electron chi connectivity index (χ4n) is 4.31. The molecule has 2 aliphatic heterocycles. The molecule has 2 fully saturated rings. The molecule has 2 saturated heterocycles. The molecule has 2 heterocycles. The van der Waals surface area contributed by atoms with E-state index in [1.54, 1.807) is 7.11 Å². The minimum atomic E-state index is -0.506. The maximum atomic E-state index is 12.8. The number of piperidine rings is 1. The number of rotatable bonds is 6. The summed E-state index contributed by atoms with van der Waals surface area (Å²) in [6, 6.07) is 5.81. The molecule has 0 unspecified atom stereocenters. The highest BCUT2D eigenvalue weighted by Crippen LogP contribution is 2.33. The molecule has 7 heteroatoms. The van der Waals surface area contributed by atoms with Crippen molar-refractivity contribution in [3.05, 3.63) is 36.4 Å². The normalized spacial score (nSPS) is 20.8. The molecule has 0 radical (unpaired) electrons. The minimum absolute atomic E-state index is 0.0374. The summed E-state index contributed by atoms with van der Waals surface area (Å²) in [4.78, 5) is 29.0. The average Bonchev–Trinajstić information content (AvgIpc) is 3.15. The van der Waals surface area contributed by atoms with Crippen LogP contribution in [0.1, 0.15) is 39.2 Å². The van der Waals surface area contributed by atoms with Crippen molar-refractivity contribution in [3.63, 3.8) is 0 Å². The Hall–Kier alpha value is -2.70. The standard InChI is InChI=1S/C24H34N2O5/c1-6-7-17-8-9-20(21(14-17)29-5)30-16-22(27)25-12-11-19-18(15-25)10-13-26(19)23(28)31-24(2,3)4/h6,8-9,14,18-19H,1,7,10-13,15-16H2,2-5H3/t18-,19+/m1/s1. The van der Waals surface area contributed by atoms with E-state index in [1.807, 2.05) is 54.8 Å². The number of carbonyl (C=O) groups is 2. The van der Waals surface area contributed by atoms with Crippen molar-refractivity contribution < 1.29 is 23.8 Å². The van der Waals surface area contributed by atoms with Crippen molar-refractivity contribution in [2.24, 2.45) is 5.92 Å². The number of fused-ring (bicyclic) bond motifs is 1. The second kappa shape index (κ2) is 9.62. The highest BCUT2D eigenvalue weighted by molar-refractivity contribution is 5.78. The summed E-state index contributed by atoms with van der Waals surface area (Å²) in [5.74, 6) is 1.38. The first-order chi connectivity index (χ1) is 14.7. The van der Waals surface area contributed by atoms with E-state index in [4.69, 9.17) is 14.2 Å². The molecule has 2 amide bonds. The van der Waals surface area contributed by atoms with Gasteiger partial charge in [0, 0.05) is 25.7 Å². The van der Waals surface area contributed by atoms with Gasteiger partial charge in [0.05, 0.1) is 7.11 Å². The third-order valence-corrected chi connectivity index (χ3v) is 5.77. The third kappa shape index (κ3) is 5.71. The maximum Gasteiger partial charge on any atom is 0.410 e. The zero-order valence-corrected chi connectivity index (χ0v) is 19.1. The van der Waals surface area contributed by atoms with Gasteiger partial charge in [0.2, 0.25) is 0 Å². The first kappa shape index (κ1) is 23.0. The van der Waals surface area contributed by atoms with Gasteiger partial charge in [-0.05, 0) is 63.6 Å². The van der Waals surface area contributed by atoms with Gasteiger partial charge in [0.15, 0.2) is 18.1 Å². The summed E-state index contributed by atoms with van der Waals surface area (Å²) >= 11 is 0. The van der Waals surface area contributed by atoms with Crippen LogP contribution in [0.2, 0.25) is 0 Å². The van der Waals surface area contributed by atoms with E-state index in [0.717, 1.165) is 24.8 Å². The lowest BCUT2D eigenvalue weighted by molar-refractivity contribution is -0.135. The molecule has 0 N–H and O–H groups in total. The van der Waals surface area contributed by atoms with Gasteiger partial charge in [0.25, 0.3) is 5.91 Å². The summed E-state index contributed by atoms with van der Waals surface area (Å²) < 4.78 is 16.7. The summed E-state index contributed by atoms with van der Waals surface area (Å²) in [6.45, 7) is 11.3. The minimum Gasteiger partial charge on any atom is -0.493 e. The number of nitrogens with zero attached hydrogens (tertiary/aromatic N) is 2. The van der Waals surface area contributed by atoms with Crippen LogP contribution in [0.4, 0.5) is 4.79 Å². The fraction of sp³-hybridized carbons (Fsp3) is 0.583. The van der Waals surface area contributed by atoms with Crippen LogP contribution in [-0.4, -0.2) is 66.8 Å². The lowest BCUT2D eigenvalue weighted by Crippen LogP contribution is -2.50. The zero-order valence-electron chi connectivity index (χ0n) is 19.1. The first-order valence-electron chi connectivity index (χ1n) is 10.9. The average molecular weight is 431 g/mol. The molecule has 3 rings (SSSR count). The highest BCUT2D eigenvalue weighted by Gasteiger charge is 2.42. The predicted molar refractivity (Wildman–Crippen MR) is 118 cm³/mol. The third-order valence-electron chi connectivity index (χ3n) is 5.77. The van der Waals surface area contributed by atoms with Gasteiger partial charge in [0.1, 0.15) is 5.60 Å². The van der Waals surface area contributed by atoms with Gasteiger partial charge < -0.3 is 24.0 Å². The van der Waals surface area contributed by atoms with E-state index in [1.165, 1.54) is 0 Å². The van der Waals surface area contributed by atoms with E-state index >= 15 is 0 Å². The van der Waals surface area contributed by atoms with E-state index in [0.29, 0.717) is 31.1 Å². The number of hydrogen-bond acceptors (Lipinski definition) is 5. The van der Waals surface area contributed by atoms with E-state index < -0.39 is 5.60 Å². The fourth-order valence-corrected chi connectivity index (χ4v) is 4.31. The number of benzene rings is 1. The van der Waals surface area contributed by atoms with E-state index in [9.17, 15) is 9.59 Å². The number of allylic oxidation sites excluding steroid dienone is 1. The SMILES string of the molecule is C=CCc1ccc(OCC(=O)N2CC[C@H]3[C@H](CCN3C(=O)OC(C)(C)C)C2)c(OC)c1. The molecule has 7 nitrogen and oxygen atoms in total. The van der Waals surface area contributed by atoms with Crippen molar-refractivity contribution in [1.82, 2.24) is 9.80 Å². The number of carbonyl (C=O) groups excluding carboxylic acids is 2. The van der Waals surface area contributed by atoms with E-state index in [-0.39, 0.29) is 30.6 Å². The van der Waals surface area contributed by atoms with Gasteiger partial charge in [-0.2, -0.15) is 0 Å². The molecule has 31 heavy (non-hydrogen) atoms. The van der Waals surface area contributed by atoms with Crippen molar-refractivity contribution in [2.75, 3.05) is 33.4 Å². The maximum absolute atomic E-state index is 12.8. The number of ether oxygens (including phenoxy) is 3. The molecule has 0 aliphatic carbocycles. The summed E-state index contributed by atoms with van der Waals surface area (Å²) in [5, 5.41) is 0. The molecule has 0 bridgehead atoms. The Balaban J connectivity index is 1.54. The Labute approximate surface area is 184 Å². The molecule has 0 aromatic heterocycles. The van der Waals surface area contributed by atoms with Crippen LogP contribution < -0.4 is 9.47 Å². The van der Waals surface area contributed by atoms with Crippen LogP contribution in [0.15, 0.2) is 30.9 Å². The molecule has 1 aromatic carbocycles. The van der Waals surface area contributed by atoms with Crippen molar-refractivity contribution in [2.45, 2.75) is 51.7 Å². The van der Waals surface area contributed by atoms with Crippen LogP contribution >= 0.6 is 0 Å². The second-order valence-electron chi connectivity index (χ2n) is 9.18. The van der Waals surface area contributed by atoms with Gasteiger partial charge in [-0.1, -0.05) is 12.1 Å².